The van der Waals surface area contributed by atoms with Crippen molar-refractivity contribution in [3.8, 4) is 5.75 Å². The van der Waals surface area contributed by atoms with Gasteiger partial charge >= 0.3 is 0 Å². The van der Waals surface area contributed by atoms with Crippen LogP contribution >= 0.6 is 15.9 Å². The van der Waals surface area contributed by atoms with E-state index in [0.29, 0.717) is 5.75 Å². The molecule has 0 aliphatic heterocycles. The normalized spacial score (nSPS) is 11.9. The van der Waals surface area contributed by atoms with Gasteiger partial charge in [-0.2, -0.15) is 0 Å². The van der Waals surface area contributed by atoms with Crippen molar-refractivity contribution >= 4 is 43.5 Å². The quantitative estimate of drug-likeness (QED) is 0.398. The smallest absolute Gasteiger partial charge is 0.264 e. The average molecular weight is 574 g/mol. The number of anilines is 1. The zero-order valence-electron chi connectivity index (χ0n) is 20.2. The van der Waals surface area contributed by atoms with Crippen LogP contribution in [0, 0.1) is 0 Å². The van der Waals surface area contributed by atoms with Gasteiger partial charge in [-0.25, -0.2) is 8.42 Å². The van der Waals surface area contributed by atoms with Crippen molar-refractivity contribution in [2.45, 2.75) is 24.4 Å². The van der Waals surface area contributed by atoms with Crippen LogP contribution in [0.3, 0.4) is 0 Å². The molecule has 8 nitrogen and oxygen atoms in total. The van der Waals surface area contributed by atoms with E-state index in [1.165, 1.54) is 31.2 Å². The number of likely N-dealkylation sites (N-methyl/N-ethyl adjacent to an activating group) is 1. The maximum absolute atomic E-state index is 13.7. The first-order valence-corrected chi connectivity index (χ1v) is 13.4. The number of sulfonamides is 1. The molecule has 36 heavy (non-hydrogen) atoms. The van der Waals surface area contributed by atoms with Gasteiger partial charge in [-0.3, -0.25) is 13.9 Å². The van der Waals surface area contributed by atoms with E-state index >= 15 is 0 Å². The highest BCUT2D eigenvalue weighted by atomic mass is 79.9. The van der Waals surface area contributed by atoms with Crippen LogP contribution in [-0.2, 0) is 26.2 Å². The first-order valence-electron chi connectivity index (χ1n) is 11.2. The fourth-order valence-electron chi connectivity index (χ4n) is 3.69. The van der Waals surface area contributed by atoms with Crippen molar-refractivity contribution < 1.29 is 22.7 Å². The van der Waals surface area contributed by atoms with Crippen LogP contribution < -0.4 is 14.4 Å². The molecule has 0 heterocycles. The van der Waals surface area contributed by atoms with Gasteiger partial charge in [-0.05, 0) is 48.9 Å². The van der Waals surface area contributed by atoms with Gasteiger partial charge in [0, 0.05) is 18.1 Å². The number of benzene rings is 3. The van der Waals surface area contributed by atoms with Crippen molar-refractivity contribution in [2.24, 2.45) is 0 Å². The van der Waals surface area contributed by atoms with Crippen molar-refractivity contribution in [1.82, 2.24) is 10.2 Å². The fraction of sp³-hybridized carbons (Fsp3) is 0.231. The van der Waals surface area contributed by atoms with Crippen molar-refractivity contribution in [3.63, 3.8) is 0 Å². The molecule has 10 heteroatoms. The van der Waals surface area contributed by atoms with Gasteiger partial charge in [-0.15, -0.1) is 0 Å². The van der Waals surface area contributed by atoms with E-state index in [0.717, 1.165) is 14.3 Å². The number of nitrogens with one attached hydrogen (secondary N) is 1. The van der Waals surface area contributed by atoms with Gasteiger partial charge in [-0.1, -0.05) is 58.4 Å². The third-order valence-corrected chi connectivity index (χ3v) is 7.89. The maximum atomic E-state index is 13.7. The topological polar surface area (TPSA) is 96.0 Å². The van der Waals surface area contributed by atoms with Crippen LogP contribution in [0.15, 0.2) is 88.2 Å². The molecule has 0 aliphatic carbocycles. The standard InChI is InChI=1S/C26H28BrN3O5S/c1-19(26(32)28-2)29(17-20-10-9-11-21(27)16-20)25(31)18-30(23-14-7-8-15-24(23)35-3)36(33,34)22-12-5-4-6-13-22/h4-16,19H,17-18H2,1-3H3,(H,28,32)/t19-/m0/s1. The van der Waals surface area contributed by atoms with Crippen LogP contribution in [0.5, 0.6) is 5.75 Å². The fourth-order valence-corrected chi connectivity index (χ4v) is 5.58. The summed E-state index contributed by atoms with van der Waals surface area (Å²) in [5.41, 5.74) is 0.996. The number of hydrogen-bond acceptors (Lipinski definition) is 5. The molecular weight excluding hydrogens is 546 g/mol. The molecule has 1 atom stereocenters. The molecule has 0 bridgehead atoms. The van der Waals surface area contributed by atoms with E-state index in [1.54, 1.807) is 49.4 Å². The summed E-state index contributed by atoms with van der Waals surface area (Å²) >= 11 is 3.42. The van der Waals surface area contributed by atoms with Crippen molar-refractivity contribution in [2.75, 3.05) is 25.0 Å². The molecule has 0 spiro atoms. The van der Waals surface area contributed by atoms with Crippen LogP contribution in [-0.4, -0.2) is 51.9 Å². The highest BCUT2D eigenvalue weighted by Crippen LogP contribution is 2.32. The Labute approximate surface area is 220 Å². The highest BCUT2D eigenvalue weighted by molar-refractivity contribution is 9.10. The number of hydrogen-bond donors (Lipinski definition) is 1. The number of para-hydroxylation sites is 2. The molecule has 0 unspecified atom stereocenters. The molecule has 3 aromatic rings. The number of halogens is 1. The number of carbonyl (C=O) groups excluding carboxylic acids is 2. The molecule has 190 valence electrons. The Bertz CT molecular complexity index is 1320. The van der Waals surface area contributed by atoms with Crippen molar-refractivity contribution in [1.29, 1.82) is 0 Å². The minimum absolute atomic E-state index is 0.0293. The number of methoxy groups -OCH3 is 1. The van der Waals surface area contributed by atoms with Gasteiger partial charge in [0.2, 0.25) is 11.8 Å². The first-order chi connectivity index (χ1) is 17.2. The molecule has 3 rings (SSSR count). The van der Waals surface area contributed by atoms with Gasteiger partial charge in [0.1, 0.15) is 18.3 Å². The Kier molecular flexibility index (Phi) is 9.11. The van der Waals surface area contributed by atoms with E-state index in [2.05, 4.69) is 21.2 Å². The summed E-state index contributed by atoms with van der Waals surface area (Å²) in [5.74, 6) is -0.618. The minimum Gasteiger partial charge on any atom is -0.495 e. The predicted molar refractivity (Wildman–Crippen MR) is 142 cm³/mol. The molecule has 2 amide bonds. The van der Waals surface area contributed by atoms with E-state index < -0.39 is 28.5 Å². The second kappa shape index (κ2) is 12.0. The summed E-state index contributed by atoms with van der Waals surface area (Å²) < 4.78 is 34.7. The van der Waals surface area contributed by atoms with E-state index in [1.807, 2.05) is 24.3 Å². The second-order valence-corrected chi connectivity index (χ2v) is 10.7. The molecule has 3 aromatic carbocycles. The van der Waals surface area contributed by atoms with E-state index in [-0.39, 0.29) is 23.0 Å². The molecular formula is C26H28BrN3O5S. The van der Waals surface area contributed by atoms with Gasteiger partial charge in [0.15, 0.2) is 0 Å². The molecule has 0 saturated carbocycles. The molecule has 1 N–H and O–H groups in total. The lowest BCUT2D eigenvalue weighted by molar-refractivity contribution is -0.139. The minimum atomic E-state index is -4.15. The summed E-state index contributed by atoms with van der Waals surface area (Å²) in [4.78, 5) is 27.7. The summed E-state index contributed by atoms with van der Waals surface area (Å²) in [6.07, 6.45) is 0. The average Bonchev–Trinajstić information content (AvgIpc) is 2.89. The van der Waals surface area contributed by atoms with Gasteiger partial charge in [0.25, 0.3) is 10.0 Å². The lowest BCUT2D eigenvalue weighted by Crippen LogP contribution is -2.50. The lowest BCUT2D eigenvalue weighted by atomic mass is 10.1. The van der Waals surface area contributed by atoms with Crippen LogP contribution in [0.25, 0.3) is 0 Å². The third-order valence-electron chi connectivity index (χ3n) is 5.62. The summed E-state index contributed by atoms with van der Waals surface area (Å²) in [5, 5.41) is 2.56. The number of ether oxygens (including phenoxy) is 1. The lowest BCUT2D eigenvalue weighted by Gasteiger charge is -2.32. The predicted octanol–water partition coefficient (Wildman–Crippen LogP) is 3.82. The number of rotatable bonds is 10. The van der Waals surface area contributed by atoms with Gasteiger partial charge in [0.05, 0.1) is 17.7 Å². The SMILES string of the molecule is CNC(=O)[C@H](C)N(Cc1cccc(Br)c1)C(=O)CN(c1ccccc1OC)S(=O)(=O)c1ccccc1. The number of nitrogens with zero attached hydrogens (tertiary/aromatic N) is 2. The number of amides is 2. The Balaban J connectivity index is 2.06. The Hall–Kier alpha value is -3.37. The molecule has 0 aliphatic rings. The van der Waals surface area contributed by atoms with Crippen molar-refractivity contribution in [3.05, 3.63) is 88.9 Å². The molecule has 0 radical (unpaired) electrons. The molecule has 0 saturated heterocycles. The maximum Gasteiger partial charge on any atom is 0.264 e. The van der Waals surface area contributed by atoms with Crippen LogP contribution in [0.4, 0.5) is 5.69 Å². The van der Waals surface area contributed by atoms with Crippen LogP contribution in [0.1, 0.15) is 12.5 Å². The van der Waals surface area contributed by atoms with Gasteiger partial charge < -0.3 is 15.0 Å². The van der Waals surface area contributed by atoms with E-state index in [4.69, 9.17) is 4.74 Å². The monoisotopic (exact) mass is 573 g/mol. The van der Waals surface area contributed by atoms with Crippen LogP contribution in [0.2, 0.25) is 0 Å². The summed E-state index contributed by atoms with van der Waals surface area (Å²) in [6.45, 7) is 1.18. The zero-order chi connectivity index (χ0) is 26.3. The Morgan fingerprint density at radius 1 is 1.00 bits per heavy atom. The molecule has 0 fully saturated rings. The Morgan fingerprint density at radius 2 is 1.67 bits per heavy atom. The first kappa shape index (κ1) is 27.2. The Morgan fingerprint density at radius 3 is 2.31 bits per heavy atom. The molecule has 0 aromatic heterocycles. The summed E-state index contributed by atoms with van der Waals surface area (Å²) in [7, 11) is -1.23. The summed E-state index contributed by atoms with van der Waals surface area (Å²) in [6, 6.07) is 21.0. The van der Waals surface area contributed by atoms with E-state index in [9.17, 15) is 18.0 Å². The highest BCUT2D eigenvalue weighted by Gasteiger charge is 2.33. The second-order valence-electron chi connectivity index (χ2n) is 7.94. The third kappa shape index (κ3) is 6.24. The zero-order valence-corrected chi connectivity index (χ0v) is 22.6. The number of carbonyl (C=O) groups is 2. The largest absolute Gasteiger partial charge is 0.495 e.